The molecule has 0 spiro atoms. The van der Waals surface area contributed by atoms with Gasteiger partial charge in [0.05, 0.1) is 11.6 Å². The van der Waals surface area contributed by atoms with Gasteiger partial charge < -0.3 is 10.2 Å². The first-order valence-corrected chi connectivity index (χ1v) is 12.4. The third-order valence-electron chi connectivity index (χ3n) is 6.71. The zero-order valence-corrected chi connectivity index (χ0v) is 20.3. The summed E-state index contributed by atoms with van der Waals surface area (Å²) >= 11 is 12.6. The van der Waals surface area contributed by atoms with E-state index in [0.29, 0.717) is 41.8 Å². The Morgan fingerprint density at radius 2 is 1.59 bits per heavy atom. The van der Waals surface area contributed by atoms with Crippen molar-refractivity contribution in [3.63, 3.8) is 0 Å². The molecule has 1 aliphatic heterocycles. The molecule has 0 radical (unpaired) electrons. The van der Waals surface area contributed by atoms with Gasteiger partial charge >= 0.3 is 12.2 Å². The molecule has 1 saturated heterocycles. The fourth-order valence-corrected chi connectivity index (χ4v) is 5.37. The van der Waals surface area contributed by atoms with Crippen molar-refractivity contribution >= 4 is 29.2 Å². The zero-order valence-electron chi connectivity index (χ0n) is 18.8. The second kappa shape index (κ2) is 10.8. The Bertz CT molecular complexity index is 986. The van der Waals surface area contributed by atoms with E-state index in [-0.39, 0.29) is 18.1 Å². The lowest BCUT2D eigenvalue weighted by Gasteiger charge is -2.40. The van der Waals surface area contributed by atoms with E-state index in [1.165, 1.54) is 18.6 Å². The van der Waals surface area contributed by atoms with Crippen LogP contribution in [0.4, 0.5) is 18.0 Å². The minimum Gasteiger partial charge on any atom is -0.335 e. The molecule has 0 bridgehead atoms. The SMILES string of the molecule is O=C(NC1CCCCC1)N1CCN(C(c2ccc(C(F)(F)F)cc2)c2ccc(Cl)cc2Cl)CC1. The number of nitrogens with zero attached hydrogens (tertiary/aromatic N) is 2. The van der Waals surface area contributed by atoms with Crippen LogP contribution in [0.1, 0.15) is 54.8 Å². The summed E-state index contributed by atoms with van der Waals surface area (Å²) in [5.41, 5.74) is 0.782. The van der Waals surface area contributed by atoms with Gasteiger partial charge in [0.15, 0.2) is 0 Å². The lowest BCUT2D eigenvalue weighted by molar-refractivity contribution is -0.137. The number of hydrogen-bond acceptors (Lipinski definition) is 2. The highest BCUT2D eigenvalue weighted by Crippen LogP contribution is 2.37. The molecule has 0 aromatic heterocycles. The molecular formula is C25H28Cl2F3N3O. The van der Waals surface area contributed by atoms with Crippen LogP contribution in [0.5, 0.6) is 0 Å². The van der Waals surface area contributed by atoms with Gasteiger partial charge in [-0.1, -0.05) is 60.7 Å². The Kier molecular flexibility index (Phi) is 7.95. The number of urea groups is 1. The number of carbonyl (C=O) groups excluding carboxylic acids is 1. The number of benzene rings is 2. The molecule has 4 rings (SSSR count). The second-order valence-electron chi connectivity index (χ2n) is 9.00. The molecule has 2 aromatic rings. The summed E-state index contributed by atoms with van der Waals surface area (Å²) in [7, 11) is 0. The topological polar surface area (TPSA) is 35.6 Å². The van der Waals surface area contributed by atoms with E-state index in [1.807, 2.05) is 11.0 Å². The molecule has 1 unspecified atom stereocenters. The van der Waals surface area contributed by atoms with Gasteiger partial charge in [-0.3, -0.25) is 4.90 Å². The number of halogens is 5. The molecule has 184 valence electrons. The molecule has 2 fully saturated rings. The molecule has 34 heavy (non-hydrogen) atoms. The van der Waals surface area contributed by atoms with E-state index in [1.54, 1.807) is 12.1 Å². The van der Waals surface area contributed by atoms with E-state index in [4.69, 9.17) is 23.2 Å². The zero-order chi connectivity index (χ0) is 24.3. The van der Waals surface area contributed by atoms with Crippen LogP contribution in [0.2, 0.25) is 10.0 Å². The van der Waals surface area contributed by atoms with Crippen LogP contribution >= 0.6 is 23.2 Å². The maximum atomic E-state index is 13.1. The summed E-state index contributed by atoms with van der Waals surface area (Å²) in [6.45, 7) is 2.20. The van der Waals surface area contributed by atoms with E-state index in [2.05, 4.69) is 10.2 Å². The third kappa shape index (κ3) is 5.99. The Morgan fingerprint density at radius 3 is 2.18 bits per heavy atom. The van der Waals surface area contributed by atoms with Gasteiger partial charge in [0.2, 0.25) is 0 Å². The molecular weight excluding hydrogens is 486 g/mol. The fourth-order valence-electron chi connectivity index (χ4n) is 4.86. The Balaban J connectivity index is 1.51. The fraction of sp³-hybridized carbons (Fsp3) is 0.480. The van der Waals surface area contributed by atoms with Crippen LogP contribution in [0.15, 0.2) is 42.5 Å². The molecule has 1 N–H and O–H groups in total. The van der Waals surface area contributed by atoms with Crippen LogP contribution in [0, 0.1) is 0 Å². The van der Waals surface area contributed by atoms with Crippen molar-refractivity contribution in [3.8, 4) is 0 Å². The van der Waals surface area contributed by atoms with Gasteiger partial charge in [-0.2, -0.15) is 13.2 Å². The van der Waals surface area contributed by atoms with Crippen LogP contribution in [0.3, 0.4) is 0 Å². The molecule has 9 heteroatoms. The number of alkyl halides is 3. The second-order valence-corrected chi connectivity index (χ2v) is 9.84. The number of carbonyl (C=O) groups is 1. The van der Waals surface area contributed by atoms with Crippen molar-refractivity contribution in [1.82, 2.24) is 15.1 Å². The van der Waals surface area contributed by atoms with Crippen LogP contribution in [-0.4, -0.2) is 48.1 Å². The van der Waals surface area contributed by atoms with Crippen molar-refractivity contribution in [3.05, 3.63) is 69.2 Å². The Hall–Kier alpha value is -1.96. The maximum absolute atomic E-state index is 13.1. The average molecular weight is 514 g/mol. The lowest BCUT2D eigenvalue weighted by Crippen LogP contribution is -2.54. The van der Waals surface area contributed by atoms with E-state index >= 15 is 0 Å². The third-order valence-corrected chi connectivity index (χ3v) is 7.27. The first-order valence-electron chi connectivity index (χ1n) is 11.6. The summed E-state index contributed by atoms with van der Waals surface area (Å²) in [5.74, 6) is 0. The van der Waals surface area contributed by atoms with Crippen LogP contribution < -0.4 is 5.32 Å². The largest absolute Gasteiger partial charge is 0.416 e. The minimum atomic E-state index is -4.40. The highest BCUT2D eigenvalue weighted by Gasteiger charge is 2.33. The molecule has 1 aliphatic carbocycles. The van der Waals surface area contributed by atoms with Gasteiger partial charge in [-0.15, -0.1) is 0 Å². The highest BCUT2D eigenvalue weighted by molar-refractivity contribution is 6.35. The summed E-state index contributed by atoms with van der Waals surface area (Å²) in [5, 5.41) is 4.10. The summed E-state index contributed by atoms with van der Waals surface area (Å²) in [4.78, 5) is 16.7. The smallest absolute Gasteiger partial charge is 0.335 e. The monoisotopic (exact) mass is 513 g/mol. The van der Waals surface area contributed by atoms with E-state index in [0.717, 1.165) is 43.4 Å². The first kappa shape index (κ1) is 25.1. The Morgan fingerprint density at radius 1 is 0.941 bits per heavy atom. The van der Waals surface area contributed by atoms with Gasteiger partial charge in [-0.25, -0.2) is 4.79 Å². The van der Waals surface area contributed by atoms with E-state index in [9.17, 15) is 18.0 Å². The number of rotatable bonds is 4. The quantitative estimate of drug-likeness (QED) is 0.490. The minimum absolute atomic E-state index is 0.0397. The highest BCUT2D eigenvalue weighted by atomic mass is 35.5. The number of hydrogen-bond donors (Lipinski definition) is 1. The van der Waals surface area contributed by atoms with Gasteiger partial charge in [0, 0.05) is 42.3 Å². The molecule has 1 saturated carbocycles. The molecule has 1 heterocycles. The number of piperazine rings is 1. The first-order chi connectivity index (χ1) is 16.2. The van der Waals surface area contributed by atoms with Crippen molar-refractivity contribution in [1.29, 1.82) is 0 Å². The van der Waals surface area contributed by atoms with Crippen molar-refractivity contribution in [2.45, 2.75) is 50.4 Å². The van der Waals surface area contributed by atoms with Crippen molar-refractivity contribution in [2.75, 3.05) is 26.2 Å². The summed E-state index contributed by atoms with van der Waals surface area (Å²) < 4.78 is 39.3. The number of nitrogens with one attached hydrogen (secondary N) is 1. The summed E-state index contributed by atoms with van der Waals surface area (Å²) in [6.07, 6.45) is 1.17. The normalized spacial score (nSPS) is 19.1. The van der Waals surface area contributed by atoms with Crippen molar-refractivity contribution < 1.29 is 18.0 Å². The molecule has 2 aliphatic rings. The lowest BCUT2D eigenvalue weighted by atomic mass is 9.95. The van der Waals surface area contributed by atoms with Crippen molar-refractivity contribution in [2.24, 2.45) is 0 Å². The standard InChI is InChI=1S/C25H28Cl2F3N3O/c26-19-10-11-21(22(27)16-19)23(17-6-8-18(9-7-17)25(28,29)30)32-12-14-33(15-13-32)24(34)31-20-4-2-1-3-5-20/h6-11,16,20,23H,1-5,12-15H2,(H,31,34). The molecule has 2 aromatic carbocycles. The van der Waals surface area contributed by atoms with Crippen LogP contribution in [0.25, 0.3) is 0 Å². The predicted octanol–water partition coefficient (Wildman–Crippen LogP) is 6.76. The Labute approximate surface area is 208 Å². The number of amides is 2. The molecule has 4 nitrogen and oxygen atoms in total. The molecule has 1 atom stereocenters. The maximum Gasteiger partial charge on any atom is 0.416 e. The van der Waals surface area contributed by atoms with E-state index < -0.39 is 11.7 Å². The molecule has 2 amide bonds. The predicted molar refractivity (Wildman–Crippen MR) is 128 cm³/mol. The van der Waals surface area contributed by atoms with Gasteiger partial charge in [-0.05, 0) is 48.2 Å². The van der Waals surface area contributed by atoms with Gasteiger partial charge in [0.25, 0.3) is 0 Å². The summed E-state index contributed by atoms with van der Waals surface area (Å²) in [6, 6.07) is 10.2. The van der Waals surface area contributed by atoms with Gasteiger partial charge in [0.1, 0.15) is 0 Å². The van der Waals surface area contributed by atoms with Crippen LogP contribution in [-0.2, 0) is 6.18 Å². The average Bonchev–Trinajstić information content (AvgIpc) is 2.81.